The molecule has 7 heteroatoms. The van der Waals surface area contributed by atoms with Crippen LogP contribution >= 0.6 is 23.2 Å². The summed E-state index contributed by atoms with van der Waals surface area (Å²) < 4.78 is 0. The smallest absolute Gasteiger partial charge is 0.316 e. The lowest BCUT2D eigenvalue weighted by molar-refractivity contribution is 0.0743. The molecule has 24 heavy (non-hydrogen) atoms. The first-order chi connectivity index (χ1) is 11.3. The number of amides is 3. The molecule has 1 atom stereocenters. The van der Waals surface area contributed by atoms with Crippen LogP contribution in [0.15, 0.2) is 42.5 Å². The average molecular weight is 366 g/mol. The van der Waals surface area contributed by atoms with Gasteiger partial charge < -0.3 is 16.0 Å². The number of nitrogens with one attached hydrogen (secondary N) is 1. The van der Waals surface area contributed by atoms with Crippen molar-refractivity contribution in [2.45, 2.75) is 13.0 Å². The van der Waals surface area contributed by atoms with Crippen LogP contribution in [0.3, 0.4) is 0 Å². The van der Waals surface area contributed by atoms with E-state index in [0.29, 0.717) is 21.3 Å². The first-order valence-electron chi connectivity index (χ1n) is 7.18. The number of benzene rings is 2. The van der Waals surface area contributed by atoms with Gasteiger partial charge in [0, 0.05) is 28.3 Å². The van der Waals surface area contributed by atoms with Crippen LogP contribution in [0.4, 0.5) is 10.5 Å². The lowest BCUT2D eigenvalue weighted by Crippen LogP contribution is -2.29. The maximum atomic E-state index is 12.6. The predicted molar refractivity (Wildman–Crippen MR) is 96.6 cm³/mol. The predicted octanol–water partition coefficient (Wildman–Crippen LogP) is 4.32. The molecule has 0 saturated carbocycles. The highest BCUT2D eigenvalue weighted by Gasteiger charge is 2.21. The molecule has 0 aromatic heterocycles. The topological polar surface area (TPSA) is 75.4 Å². The first kappa shape index (κ1) is 18.1. The van der Waals surface area contributed by atoms with Gasteiger partial charge in [-0.2, -0.15) is 0 Å². The molecule has 2 aromatic rings. The van der Waals surface area contributed by atoms with Gasteiger partial charge in [0.1, 0.15) is 0 Å². The molecule has 0 heterocycles. The minimum absolute atomic E-state index is 0.167. The van der Waals surface area contributed by atoms with Crippen LogP contribution in [0, 0.1) is 0 Å². The van der Waals surface area contributed by atoms with Crippen LogP contribution < -0.4 is 11.1 Å². The van der Waals surface area contributed by atoms with Crippen LogP contribution in [0.25, 0.3) is 0 Å². The van der Waals surface area contributed by atoms with E-state index in [9.17, 15) is 9.59 Å². The van der Waals surface area contributed by atoms with Gasteiger partial charge in [-0.1, -0.05) is 29.3 Å². The van der Waals surface area contributed by atoms with E-state index in [1.165, 1.54) is 0 Å². The summed E-state index contributed by atoms with van der Waals surface area (Å²) in [5.41, 5.74) is 6.88. The molecule has 5 nitrogen and oxygen atoms in total. The number of urea groups is 1. The van der Waals surface area contributed by atoms with Gasteiger partial charge in [-0.05, 0) is 48.9 Å². The molecule has 0 fully saturated rings. The molecule has 1 unspecified atom stereocenters. The van der Waals surface area contributed by atoms with Crippen LogP contribution in [0.1, 0.15) is 28.9 Å². The summed E-state index contributed by atoms with van der Waals surface area (Å²) in [5, 5.41) is 3.50. The lowest BCUT2D eigenvalue weighted by Gasteiger charge is -2.26. The second-order valence-electron chi connectivity index (χ2n) is 5.32. The Hall–Kier alpha value is -2.24. The Morgan fingerprint density at radius 1 is 1.12 bits per heavy atom. The minimum Gasteiger partial charge on any atom is -0.351 e. The third-order valence-electron chi connectivity index (χ3n) is 3.71. The van der Waals surface area contributed by atoms with Crippen molar-refractivity contribution < 1.29 is 9.59 Å². The zero-order valence-corrected chi connectivity index (χ0v) is 14.7. The van der Waals surface area contributed by atoms with Gasteiger partial charge in [-0.15, -0.1) is 0 Å². The van der Waals surface area contributed by atoms with Gasteiger partial charge in [0.2, 0.25) is 0 Å². The molecule has 3 N–H and O–H groups in total. The highest BCUT2D eigenvalue weighted by molar-refractivity contribution is 6.35. The van der Waals surface area contributed by atoms with Crippen molar-refractivity contribution in [3.8, 4) is 0 Å². The Morgan fingerprint density at radius 2 is 1.75 bits per heavy atom. The second kappa shape index (κ2) is 7.55. The summed E-state index contributed by atoms with van der Waals surface area (Å²) in [6.45, 7) is 1.88. The van der Waals surface area contributed by atoms with Gasteiger partial charge >= 0.3 is 6.03 Å². The van der Waals surface area contributed by atoms with E-state index in [2.05, 4.69) is 5.32 Å². The largest absolute Gasteiger partial charge is 0.351 e. The Labute approximate surface area is 150 Å². The summed E-state index contributed by atoms with van der Waals surface area (Å²) in [6, 6.07) is 10.8. The molecule has 0 aliphatic heterocycles. The van der Waals surface area contributed by atoms with E-state index in [0.717, 1.165) is 5.56 Å². The van der Waals surface area contributed by atoms with Crippen molar-refractivity contribution in [3.63, 3.8) is 0 Å². The second-order valence-corrected chi connectivity index (χ2v) is 6.17. The van der Waals surface area contributed by atoms with Crippen molar-refractivity contribution >= 4 is 40.8 Å². The number of primary amides is 1. The Balaban J connectivity index is 2.17. The normalized spacial score (nSPS) is 11.7. The van der Waals surface area contributed by atoms with Crippen molar-refractivity contribution in [1.29, 1.82) is 0 Å². The number of hydrogen-bond acceptors (Lipinski definition) is 2. The third-order valence-corrected chi connectivity index (χ3v) is 4.28. The third kappa shape index (κ3) is 4.19. The summed E-state index contributed by atoms with van der Waals surface area (Å²) in [6.07, 6.45) is 0. The van der Waals surface area contributed by atoms with E-state index in [4.69, 9.17) is 28.9 Å². The van der Waals surface area contributed by atoms with Gasteiger partial charge in [0.15, 0.2) is 0 Å². The summed E-state index contributed by atoms with van der Waals surface area (Å²) in [7, 11) is 1.70. The summed E-state index contributed by atoms with van der Waals surface area (Å²) >= 11 is 12.1. The Morgan fingerprint density at radius 3 is 2.29 bits per heavy atom. The zero-order chi connectivity index (χ0) is 17.9. The molecule has 2 rings (SSSR count). The molecule has 0 aliphatic carbocycles. The molecule has 2 aromatic carbocycles. The summed E-state index contributed by atoms with van der Waals surface area (Å²) in [5.74, 6) is -0.167. The number of hydrogen-bond donors (Lipinski definition) is 2. The van der Waals surface area contributed by atoms with Crippen LogP contribution in [0.5, 0.6) is 0 Å². The highest BCUT2D eigenvalue weighted by Crippen LogP contribution is 2.29. The SMILES string of the molecule is CC(c1ccc(Cl)cc1Cl)N(C)C(=O)c1ccc(NC(N)=O)cc1. The molecule has 0 saturated heterocycles. The van der Waals surface area contributed by atoms with E-state index in [1.54, 1.807) is 54.4 Å². The first-order valence-corrected chi connectivity index (χ1v) is 7.94. The fourth-order valence-corrected chi connectivity index (χ4v) is 2.83. The molecule has 126 valence electrons. The number of nitrogens with two attached hydrogens (primary N) is 1. The molecular formula is C17H17Cl2N3O2. The minimum atomic E-state index is -0.655. The van der Waals surface area contributed by atoms with E-state index < -0.39 is 6.03 Å². The van der Waals surface area contributed by atoms with E-state index >= 15 is 0 Å². The Bertz CT molecular complexity index is 763. The van der Waals surface area contributed by atoms with Gasteiger partial charge in [0.05, 0.1) is 6.04 Å². The zero-order valence-electron chi connectivity index (χ0n) is 13.2. The van der Waals surface area contributed by atoms with Crippen molar-refractivity contribution in [2.24, 2.45) is 5.73 Å². The fourth-order valence-electron chi connectivity index (χ4n) is 2.27. The van der Waals surface area contributed by atoms with Crippen LogP contribution in [0.2, 0.25) is 10.0 Å². The number of nitrogens with zero attached hydrogens (tertiary/aromatic N) is 1. The molecule has 0 spiro atoms. The average Bonchev–Trinajstić information content (AvgIpc) is 2.53. The quantitative estimate of drug-likeness (QED) is 0.846. The van der Waals surface area contributed by atoms with Crippen molar-refractivity contribution in [2.75, 3.05) is 12.4 Å². The standard InChI is InChI=1S/C17H17Cl2N3O2/c1-10(14-8-5-12(18)9-15(14)19)22(2)16(23)11-3-6-13(7-4-11)21-17(20)24/h3-10H,1-2H3,(H3,20,21,24). The van der Waals surface area contributed by atoms with Gasteiger partial charge in [0.25, 0.3) is 5.91 Å². The maximum Gasteiger partial charge on any atom is 0.316 e. The van der Waals surface area contributed by atoms with Gasteiger partial charge in [-0.3, -0.25) is 4.79 Å². The molecule has 0 aliphatic rings. The van der Waals surface area contributed by atoms with E-state index in [1.807, 2.05) is 6.92 Å². The number of anilines is 1. The lowest BCUT2D eigenvalue weighted by atomic mass is 10.1. The number of halogens is 2. The number of carbonyl (C=O) groups excluding carboxylic acids is 2. The van der Waals surface area contributed by atoms with E-state index in [-0.39, 0.29) is 11.9 Å². The monoisotopic (exact) mass is 365 g/mol. The van der Waals surface area contributed by atoms with Crippen LogP contribution in [-0.4, -0.2) is 23.9 Å². The van der Waals surface area contributed by atoms with Gasteiger partial charge in [-0.25, -0.2) is 4.79 Å². The molecule has 0 radical (unpaired) electrons. The van der Waals surface area contributed by atoms with Crippen LogP contribution in [-0.2, 0) is 0 Å². The molecular weight excluding hydrogens is 349 g/mol. The highest BCUT2D eigenvalue weighted by atomic mass is 35.5. The summed E-state index contributed by atoms with van der Waals surface area (Å²) in [4.78, 5) is 25.0. The van der Waals surface area contributed by atoms with Crippen molar-refractivity contribution in [1.82, 2.24) is 4.90 Å². The fraction of sp³-hybridized carbons (Fsp3) is 0.176. The number of rotatable bonds is 4. The Kier molecular flexibility index (Phi) is 5.70. The molecule has 0 bridgehead atoms. The van der Waals surface area contributed by atoms with Crippen molar-refractivity contribution in [3.05, 3.63) is 63.6 Å². The number of carbonyl (C=O) groups is 2. The maximum absolute atomic E-state index is 12.6. The molecule has 3 amide bonds.